The molecule has 0 aliphatic rings. The summed E-state index contributed by atoms with van der Waals surface area (Å²) < 4.78 is 29.2. The molecule has 2 amide bonds. The zero-order chi connectivity index (χ0) is 30.3. The van der Waals surface area contributed by atoms with Crippen molar-refractivity contribution in [3.05, 3.63) is 131 Å². The van der Waals surface area contributed by atoms with E-state index in [1.54, 1.807) is 36.4 Å². The molecule has 0 aliphatic heterocycles. The first-order valence-electron chi connectivity index (χ1n) is 13.9. The summed E-state index contributed by atoms with van der Waals surface area (Å²) in [6.07, 6.45) is 0.271. The zero-order valence-electron chi connectivity index (χ0n) is 24.4. The quantitative estimate of drug-likeness (QED) is 0.263. The summed E-state index contributed by atoms with van der Waals surface area (Å²) in [6.45, 7) is 5.41. The Morgan fingerprint density at radius 3 is 1.93 bits per heavy atom. The van der Waals surface area contributed by atoms with E-state index < -0.39 is 28.5 Å². The Kier molecular flexibility index (Phi) is 9.80. The highest BCUT2D eigenvalue weighted by atomic mass is 32.2. The molecule has 4 aromatic rings. The molecule has 0 aromatic heterocycles. The number of carbonyl (C=O) groups is 2. The summed E-state index contributed by atoms with van der Waals surface area (Å²) in [5, 5.41) is 2.71. The van der Waals surface area contributed by atoms with Crippen LogP contribution in [0.3, 0.4) is 0 Å². The van der Waals surface area contributed by atoms with Gasteiger partial charge in [-0.25, -0.2) is 8.42 Å². The largest absolute Gasteiger partial charge is 0.357 e. The second kappa shape index (κ2) is 13.5. The summed E-state index contributed by atoms with van der Waals surface area (Å²) in [5.74, 6) is -0.817. The molecule has 4 aromatic carbocycles. The fraction of sp³-hybridized carbons (Fsp3) is 0.235. The Bertz CT molecular complexity index is 1620. The van der Waals surface area contributed by atoms with Gasteiger partial charge >= 0.3 is 0 Å². The van der Waals surface area contributed by atoms with Crippen LogP contribution in [0.25, 0.3) is 0 Å². The smallest absolute Gasteiger partial charge is 0.264 e. The van der Waals surface area contributed by atoms with Crippen LogP contribution >= 0.6 is 0 Å². The molecule has 0 unspecified atom stereocenters. The molecule has 7 nitrogen and oxygen atoms in total. The van der Waals surface area contributed by atoms with Gasteiger partial charge in [-0.2, -0.15) is 0 Å². The number of anilines is 1. The average Bonchev–Trinajstić information content (AvgIpc) is 2.99. The summed E-state index contributed by atoms with van der Waals surface area (Å²) in [5.41, 5.74) is 4.97. The predicted molar refractivity (Wildman–Crippen MR) is 167 cm³/mol. The molecule has 1 atom stereocenters. The highest BCUT2D eigenvalue weighted by molar-refractivity contribution is 7.92. The maximum Gasteiger partial charge on any atom is 0.264 e. The Hall–Kier alpha value is -4.43. The maximum atomic E-state index is 14.3. The fourth-order valence-electron chi connectivity index (χ4n) is 4.77. The van der Waals surface area contributed by atoms with Gasteiger partial charge in [-0.3, -0.25) is 13.9 Å². The molecule has 42 heavy (non-hydrogen) atoms. The summed E-state index contributed by atoms with van der Waals surface area (Å²) in [6, 6.07) is 29.8. The van der Waals surface area contributed by atoms with Crippen LogP contribution in [-0.4, -0.2) is 44.8 Å². The number of nitrogens with zero attached hydrogens (tertiary/aromatic N) is 2. The van der Waals surface area contributed by atoms with Crippen LogP contribution in [0.5, 0.6) is 0 Å². The maximum absolute atomic E-state index is 14.3. The van der Waals surface area contributed by atoms with Crippen molar-refractivity contribution in [2.45, 2.75) is 44.7 Å². The van der Waals surface area contributed by atoms with E-state index in [9.17, 15) is 18.0 Å². The van der Waals surface area contributed by atoms with Gasteiger partial charge in [0.05, 0.1) is 10.6 Å². The van der Waals surface area contributed by atoms with Crippen LogP contribution in [0.2, 0.25) is 0 Å². The van der Waals surface area contributed by atoms with E-state index >= 15 is 0 Å². The van der Waals surface area contributed by atoms with Gasteiger partial charge in [0.1, 0.15) is 12.6 Å². The number of benzene rings is 4. The first kappa shape index (κ1) is 30.5. The van der Waals surface area contributed by atoms with Gasteiger partial charge in [0.15, 0.2) is 0 Å². The molecule has 0 saturated heterocycles. The van der Waals surface area contributed by atoms with Crippen LogP contribution in [0.1, 0.15) is 27.8 Å². The molecule has 0 bridgehead atoms. The van der Waals surface area contributed by atoms with E-state index in [0.29, 0.717) is 5.69 Å². The molecule has 218 valence electrons. The average molecular weight is 584 g/mol. The summed E-state index contributed by atoms with van der Waals surface area (Å²) in [7, 11) is -2.58. The third-order valence-corrected chi connectivity index (χ3v) is 9.12. The zero-order valence-corrected chi connectivity index (χ0v) is 25.3. The summed E-state index contributed by atoms with van der Waals surface area (Å²) >= 11 is 0. The molecular formula is C34H37N3O4S. The van der Waals surface area contributed by atoms with Gasteiger partial charge in [-0.15, -0.1) is 0 Å². The molecular weight excluding hydrogens is 546 g/mol. The van der Waals surface area contributed by atoms with E-state index in [4.69, 9.17) is 0 Å². The van der Waals surface area contributed by atoms with Crippen molar-refractivity contribution in [3.8, 4) is 0 Å². The number of nitrogens with one attached hydrogen (secondary N) is 1. The number of rotatable bonds is 11. The van der Waals surface area contributed by atoms with Crippen LogP contribution < -0.4 is 9.62 Å². The minimum Gasteiger partial charge on any atom is -0.357 e. The lowest BCUT2D eigenvalue weighted by molar-refractivity contribution is -0.139. The molecule has 0 spiro atoms. The van der Waals surface area contributed by atoms with Gasteiger partial charge in [0.25, 0.3) is 10.0 Å². The second-order valence-electron chi connectivity index (χ2n) is 10.4. The second-order valence-corrected chi connectivity index (χ2v) is 12.3. The van der Waals surface area contributed by atoms with Crippen molar-refractivity contribution in [1.82, 2.24) is 10.2 Å². The van der Waals surface area contributed by atoms with Crippen LogP contribution in [0, 0.1) is 20.8 Å². The van der Waals surface area contributed by atoms with Crippen molar-refractivity contribution >= 4 is 27.5 Å². The Morgan fingerprint density at radius 1 is 0.762 bits per heavy atom. The van der Waals surface area contributed by atoms with Crippen molar-refractivity contribution in [2.24, 2.45) is 0 Å². The first-order valence-corrected chi connectivity index (χ1v) is 15.3. The van der Waals surface area contributed by atoms with Crippen molar-refractivity contribution in [3.63, 3.8) is 0 Å². The molecule has 0 saturated carbocycles. The minimum absolute atomic E-state index is 0.0825. The molecule has 8 heteroatoms. The van der Waals surface area contributed by atoms with E-state index in [1.165, 1.54) is 11.9 Å². The van der Waals surface area contributed by atoms with E-state index in [2.05, 4.69) is 5.32 Å². The summed E-state index contributed by atoms with van der Waals surface area (Å²) in [4.78, 5) is 29.3. The van der Waals surface area contributed by atoms with Crippen LogP contribution in [-0.2, 0) is 32.6 Å². The SMILES string of the molecule is CNC(=O)[C@@H](Cc1ccccc1)N(Cc1ccccc1C)C(=O)CN(c1ccc(C)cc1)S(=O)(=O)c1ccc(C)cc1. The Labute approximate surface area is 248 Å². The van der Waals surface area contributed by atoms with E-state index in [-0.39, 0.29) is 23.8 Å². The number of carbonyl (C=O) groups excluding carboxylic acids is 2. The molecule has 1 N–H and O–H groups in total. The normalized spacial score (nSPS) is 11.9. The minimum atomic E-state index is -4.12. The lowest BCUT2D eigenvalue weighted by Crippen LogP contribution is -2.53. The van der Waals surface area contributed by atoms with E-state index in [0.717, 1.165) is 32.1 Å². The van der Waals surface area contributed by atoms with Crippen LogP contribution in [0.4, 0.5) is 5.69 Å². The predicted octanol–water partition coefficient (Wildman–Crippen LogP) is 5.19. The number of amides is 2. The number of hydrogen-bond donors (Lipinski definition) is 1. The lowest BCUT2D eigenvalue weighted by atomic mass is 10.0. The van der Waals surface area contributed by atoms with Crippen molar-refractivity contribution in [2.75, 3.05) is 17.9 Å². The Morgan fingerprint density at radius 2 is 1.33 bits per heavy atom. The molecule has 0 heterocycles. The third-order valence-electron chi connectivity index (χ3n) is 7.33. The molecule has 0 radical (unpaired) electrons. The third kappa shape index (κ3) is 7.25. The number of likely N-dealkylation sites (N-methyl/N-ethyl adjacent to an activating group) is 1. The van der Waals surface area contributed by atoms with Crippen molar-refractivity contribution < 1.29 is 18.0 Å². The fourth-order valence-corrected chi connectivity index (χ4v) is 6.18. The van der Waals surface area contributed by atoms with Gasteiger partial charge in [-0.1, -0.05) is 90.0 Å². The monoisotopic (exact) mass is 583 g/mol. The Balaban J connectivity index is 1.79. The first-order chi connectivity index (χ1) is 20.1. The topological polar surface area (TPSA) is 86.8 Å². The van der Waals surface area contributed by atoms with Crippen molar-refractivity contribution in [1.29, 1.82) is 0 Å². The molecule has 0 fully saturated rings. The van der Waals surface area contributed by atoms with E-state index in [1.807, 2.05) is 87.5 Å². The van der Waals surface area contributed by atoms with Gasteiger partial charge in [-0.05, 0) is 61.7 Å². The van der Waals surface area contributed by atoms with Crippen LogP contribution in [0.15, 0.2) is 108 Å². The number of sulfonamides is 1. The molecule has 0 aliphatic carbocycles. The lowest BCUT2D eigenvalue weighted by Gasteiger charge is -2.34. The highest BCUT2D eigenvalue weighted by Gasteiger charge is 2.34. The number of hydrogen-bond acceptors (Lipinski definition) is 4. The molecule has 4 rings (SSSR count). The standard InChI is InChI=1S/C34H37N3O4S/c1-25-14-18-30(19-15-25)37(42(40,41)31-20-16-26(2)17-21-31)24-33(38)36(23-29-13-9-8-10-27(29)3)32(34(39)35-4)22-28-11-6-5-7-12-28/h5-21,32H,22-24H2,1-4H3,(H,35,39)/t32-/m1/s1. The van der Waals surface area contributed by atoms with Gasteiger partial charge in [0, 0.05) is 20.0 Å². The van der Waals surface area contributed by atoms with Gasteiger partial charge in [0.2, 0.25) is 11.8 Å². The highest BCUT2D eigenvalue weighted by Crippen LogP contribution is 2.26. The number of aryl methyl sites for hydroxylation is 3. The van der Waals surface area contributed by atoms with Gasteiger partial charge < -0.3 is 10.2 Å².